The molecule has 36 heavy (non-hydrogen) atoms. The Hall–Kier alpha value is -4.51. The van der Waals surface area contributed by atoms with Crippen LogP contribution in [0.4, 0.5) is 0 Å². The van der Waals surface area contributed by atoms with Gasteiger partial charge in [0.15, 0.2) is 0 Å². The molecule has 5 rings (SSSR count). The number of hydrogen-bond acceptors (Lipinski definition) is 3. The molecule has 0 aliphatic rings. The van der Waals surface area contributed by atoms with Gasteiger partial charge in [0.1, 0.15) is 11.4 Å². The van der Waals surface area contributed by atoms with Gasteiger partial charge in [0, 0.05) is 0 Å². The monoisotopic (exact) mass is 473 g/mol. The normalized spacial score (nSPS) is 12.7. The summed E-state index contributed by atoms with van der Waals surface area (Å²) in [6.45, 7) is 3.87. The fraction of sp³-hybridized carbons (Fsp3) is 0.129. The molecule has 5 nitrogen and oxygen atoms in total. The SMILES string of the molecule is C[C@H](NC(=O)c1cccc(C(=O)N[C@@H](C)c2ccc3ccccc3c2)n1)c1ccc2ccccc2c1. The van der Waals surface area contributed by atoms with Gasteiger partial charge in [-0.15, -0.1) is 0 Å². The Kier molecular flexibility index (Phi) is 6.46. The van der Waals surface area contributed by atoms with Gasteiger partial charge in [0.05, 0.1) is 12.1 Å². The molecule has 4 aromatic carbocycles. The molecule has 0 fully saturated rings. The zero-order valence-corrected chi connectivity index (χ0v) is 20.2. The predicted molar refractivity (Wildman–Crippen MR) is 144 cm³/mol. The number of nitrogens with one attached hydrogen (secondary N) is 2. The predicted octanol–water partition coefficient (Wildman–Crippen LogP) is 6.37. The van der Waals surface area contributed by atoms with E-state index in [1.807, 2.05) is 62.4 Å². The van der Waals surface area contributed by atoms with Crippen LogP contribution in [0.2, 0.25) is 0 Å². The summed E-state index contributed by atoms with van der Waals surface area (Å²) in [5.41, 5.74) is 2.41. The van der Waals surface area contributed by atoms with Crippen molar-refractivity contribution >= 4 is 33.4 Å². The molecule has 0 unspecified atom stereocenters. The number of pyridine rings is 1. The van der Waals surface area contributed by atoms with Crippen LogP contribution in [-0.2, 0) is 0 Å². The molecule has 178 valence electrons. The fourth-order valence-electron chi connectivity index (χ4n) is 4.35. The van der Waals surface area contributed by atoms with Crippen LogP contribution in [0.3, 0.4) is 0 Å². The number of benzene rings is 4. The molecular formula is C31H27N3O2. The summed E-state index contributed by atoms with van der Waals surface area (Å²) in [6.07, 6.45) is 0. The van der Waals surface area contributed by atoms with E-state index in [1.165, 1.54) is 0 Å². The maximum absolute atomic E-state index is 12.9. The summed E-state index contributed by atoms with van der Waals surface area (Å²) in [5.74, 6) is -0.652. The van der Waals surface area contributed by atoms with Crippen molar-refractivity contribution in [1.82, 2.24) is 15.6 Å². The molecule has 0 bridgehead atoms. The molecule has 5 heteroatoms. The van der Waals surface area contributed by atoms with Crippen LogP contribution in [0, 0.1) is 0 Å². The summed E-state index contributed by atoms with van der Waals surface area (Å²) in [6, 6.07) is 33.0. The topological polar surface area (TPSA) is 71.1 Å². The minimum absolute atomic E-state index is 0.202. The van der Waals surface area contributed by atoms with Gasteiger partial charge in [-0.2, -0.15) is 0 Å². The van der Waals surface area contributed by atoms with E-state index in [4.69, 9.17) is 0 Å². The number of fused-ring (bicyclic) bond motifs is 2. The Morgan fingerprint density at radius 3 is 1.42 bits per heavy atom. The highest BCUT2D eigenvalue weighted by molar-refractivity contribution is 5.96. The Morgan fingerprint density at radius 2 is 0.972 bits per heavy atom. The van der Waals surface area contributed by atoms with Crippen LogP contribution >= 0.6 is 0 Å². The van der Waals surface area contributed by atoms with Gasteiger partial charge in [-0.3, -0.25) is 9.59 Å². The second-order valence-electron chi connectivity index (χ2n) is 9.01. The third-order valence-electron chi connectivity index (χ3n) is 6.46. The number of aromatic nitrogens is 1. The molecule has 2 atom stereocenters. The molecule has 2 N–H and O–H groups in total. The molecule has 0 aliphatic carbocycles. The zero-order valence-electron chi connectivity index (χ0n) is 20.2. The molecule has 2 amide bonds. The lowest BCUT2D eigenvalue weighted by atomic mass is 10.0. The van der Waals surface area contributed by atoms with Gasteiger partial charge in [-0.05, 0) is 70.8 Å². The van der Waals surface area contributed by atoms with Crippen LogP contribution in [0.15, 0.2) is 103 Å². The molecule has 1 heterocycles. The lowest BCUT2D eigenvalue weighted by Gasteiger charge is -2.16. The van der Waals surface area contributed by atoms with Crippen LogP contribution in [0.1, 0.15) is 58.0 Å². The Labute approximate surface area is 210 Å². The first-order chi connectivity index (χ1) is 17.5. The average molecular weight is 474 g/mol. The highest BCUT2D eigenvalue weighted by Gasteiger charge is 2.17. The highest BCUT2D eigenvalue weighted by atomic mass is 16.2. The van der Waals surface area contributed by atoms with Gasteiger partial charge in [0.2, 0.25) is 0 Å². The molecule has 0 spiro atoms. The molecule has 5 aromatic rings. The van der Waals surface area contributed by atoms with E-state index >= 15 is 0 Å². The van der Waals surface area contributed by atoms with Crippen LogP contribution in [0.25, 0.3) is 21.5 Å². The minimum Gasteiger partial charge on any atom is -0.344 e. The van der Waals surface area contributed by atoms with Gasteiger partial charge in [-0.25, -0.2) is 4.98 Å². The average Bonchev–Trinajstić information content (AvgIpc) is 2.92. The van der Waals surface area contributed by atoms with Crippen molar-refractivity contribution in [2.75, 3.05) is 0 Å². The maximum Gasteiger partial charge on any atom is 0.270 e. The van der Waals surface area contributed by atoms with E-state index < -0.39 is 0 Å². The first kappa shape index (κ1) is 23.2. The van der Waals surface area contributed by atoms with Gasteiger partial charge < -0.3 is 10.6 Å². The van der Waals surface area contributed by atoms with Crippen molar-refractivity contribution in [1.29, 1.82) is 0 Å². The summed E-state index contributed by atoms with van der Waals surface area (Å²) < 4.78 is 0. The zero-order chi connectivity index (χ0) is 25.1. The number of carbonyl (C=O) groups is 2. The second kappa shape index (κ2) is 10.0. The van der Waals surface area contributed by atoms with E-state index in [2.05, 4.69) is 52.0 Å². The summed E-state index contributed by atoms with van der Waals surface area (Å²) >= 11 is 0. The molecule has 0 aliphatic heterocycles. The largest absolute Gasteiger partial charge is 0.344 e. The Bertz CT molecular complexity index is 1460. The Balaban J connectivity index is 1.27. The van der Waals surface area contributed by atoms with Crippen molar-refractivity contribution in [3.63, 3.8) is 0 Å². The first-order valence-electron chi connectivity index (χ1n) is 12.0. The van der Waals surface area contributed by atoms with Crippen LogP contribution in [-0.4, -0.2) is 16.8 Å². The van der Waals surface area contributed by atoms with Crippen LogP contribution < -0.4 is 10.6 Å². The Morgan fingerprint density at radius 1 is 0.556 bits per heavy atom. The fourth-order valence-corrected chi connectivity index (χ4v) is 4.35. The molecular weight excluding hydrogens is 446 g/mol. The minimum atomic E-state index is -0.326. The van der Waals surface area contributed by atoms with Gasteiger partial charge in [0.25, 0.3) is 11.8 Å². The number of hydrogen-bond donors (Lipinski definition) is 2. The lowest BCUT2D eigenvalue weighted by molar-refractivity contribution is 0.0930. The van der Waals surface area contributed by atoms with E-state index in [0.29, 0.717) is 0 Å². The van der Waals surface area contributed by atoms with Crippen molar-refractivity contribution < 1.29 is 9.59 Å². The van der Waals surface area contributed by atoms with Crippen molar-refractivity contribution in [3.05, 3.63) is 126 Å². The molecule has 0 radical (unpaired) electrons. The highest BCUT2D eigenvalue weighted by Crippen LogP contribution is 2.22. The van der Waals surface area contributed by atoms with Crippen molar-refractivity contribution in [2.24, 2.45) is 0 Å². The van der Waals surface area contributed by atoms with Gasteiger partial charge in [-0.1, -0.05) is 78.9 Å². The first-order valence-corrected chi connectivity index (χ1v) is 12.0. The summed E-state index contributed by atoms with van der Waals surface area (Å²) in [5, 5.41) is 10.5. The van der Waals surface area contributed by atoms with E-state index in [1.54, 1.807) is 18.2 Å². The van der Waals surface area contributed by atoms with Crippen molar-refractivity contribution in [3.8, 4) is 0 Å². The number of amides is 2. The third-order valence-corrected chi connectivity index (χ3v) is 6.46. The smallest absolute Gasteiger partial charge is 0.270 e. The quantitative estimate of drug-likeness (QED) is 0.301. The van der Waals surface area contributed by atoms with Crippen LogP contribution in [0.5, 0.6) is 0 Å². The number of nitrogens with zero attached hydrogens (tertiary/aromatic N) is 1. The number of rotatable bonds is 6. The van der Waals surface area contributed by atoms with E-state index in [-0.39, 0.29) is 35.3 Å². The van der Waals surface area contributed by atoms with Crippen molar-refractivity contribution in [2.45, 2.75) is 25.9 Å². The van der Waals surface area contributed by atoms with E-state index in [9.17, 15) is 9.59 Å². The molecule has 0 saturated carbocycles. The standard InChI is InChI=1S/C31H27N3O2/c1-20(24-16-14-22-8-3-5-10-26(22)18-24)32-30(35)28-12-7-13-29(34-28)31(36)33-21(2)25-17-15-23-9-4-6-11-27(23)19-25/h3-21H,1-2H3,(H,32,35)(H,33,36)/t20-,21-/m0/s1. The maximum atomic E-state index is 12.9. The second-order valence-corrected chi connectivity index (χ2v) is 9.01. The third kappa shape index (κ3) is 4.96. The number of carbonyl (C=O) groups excluding carboxylic acids is 2. The van der Waals surface area contributed by atoms with Gasteiger partial charge >= 0.3 is 0 Å². The lowest BCUT2D eigenvalue weighted by Crippen LogP contribution is -2.30. The summed E-state index contributed by atoms with van der Waals surface area (Å²) in [4.78, 5) is 30.2. The van der Waals surface area contributed by atoms with E-state index in [0.717, 1.165) is 32.7 Å². The molecule has 0 saturated heterocycles. The summed E-state index contributed by atoms with van der Waals surface area (Å²) in [7, 11) is 0. The molecule has 1 aromatic heterocycles.